The number of benzene rings is 1. The number of non-ortho nitro benzene ring substituents is 1. The Morgan fingerprint density at radius 2 is 2.21 bits per heavy atom. The van der Waals surface area contributed by atoms with Crippen LogP contribution in [0, 0.1) is 10.1 Å². The summed E-state index contributed by atoms with van der Waals surface area (Å²) >= 11 is 0. The Bertz CT molecular complexity index is 795. The Morgan fingerprint density at radius 3 is 2.88 bits per heavy atom. The minimum atomic E-state index is -0.582. The molecule has 24 heavy (non-hydrogen) atoms. The van der Waals surface area contributed by atoms with Gasteiger partial charge in [0.05, 0.1) is 16.5 Å². The molecule has 0 unspecified atom stereocenters. The van der Waals surface area contributed by atoms with Crippen molar-refractivity contribution in [3.8, 4) is 0 Å². The maximum Gasteiger partial charge on any atom is 0.419 e. The van der Waals surface area contributed by atoms with Crippen LogP contribution in [-0.4, -0.2) is 47.5 Å². The van der Waals surface area contributed by atoms with E-state index in [2.05, 4.69) is 5.32 Å². The molecule has 9 nitrogen and oxygen atoms in total. The second kappa shape index (κ2) is 7.73. The average molecular weight is 336 g/mol. The third-order valence-electron chi connectivity index (χ3n) is 3.76. The Labute approximate surface area is 138 Å². The highest BCUT2D eigenvalue weighted by Gasteiger charge is 2.14. The van der Waals surface area contributed by atoms with Gasteiger partial charge < -0.3 is 14.6 Å². The van der Waals surface area contributed by atoms with Crippen LogP contribution in [0.3, 0.4) is 0 Å². The normalized spacial score (nSPS) is 10.9. The number of nitrogens with one attached hydrogen (secondary N) is 1. The van der Waals surface area contributed by atoms with Gasteiger partial charge in [-0.3, -0.25) is 19.5 Å². The van der Waals surface area contributed by atoms with Gasteiger partial charge in [0.2, 0.25) is 5.91 Å². The fourth-order valence-electron chi connectivity index (χ4n) is 2.36. The van der Waals surface area contributed by atoms with Crippen LogP contribution in [0.1, 0.15) is 12.8 Å². The molecule has 1 amide bonds. The number of hydrogen-bond acceptors (Lipinski definition) is 6. The lowest BCUT2D eigenvalue weighted by atomic mass is 10.2. The van der Waals surface area contributed by atoms with E-state index in [4.69, 9.17) is 4.42 Å². The van der Waals surface area contributed by atoms with E-state index in [0.717, 1.165) is 0 Å². The van der Waals surface area contributed by atoms with Crippen molar-refractivity contribution < 1.29 is 14.1 Å². The third-order valence-corrected chi connectivity index (χ3v) is 3.76. The van der Waals surface area contributed by atoms with Gasteiger partial charge in [0, 0.05) is 39.2 Å². The van der Waals surface area contributed by atoms with Gasteiger partial charge in [0.15, 0.2) is 5.58 Å². The molecule has 0 bridgehead atoms. The molecule has 130 valence electrons. The number of fused-ring (bicyclic) bond motifs is 1. The first-order chi connectivity index (χ1) is 11.4. The number of nitro benzene ring substituents is 1. The highest BCUT2D eigenvalue weighted by molar-refractivity contribution is 5.76. The molecule has 0 aliphatic carbocycles. The van der Waals surface area contributed by atoms with Crippen LogP contribution in [0.25, 0.3) is 11.1 Å². The molecule has 1 aromatic heterocycles. The topological polar surface area (TPSA) is 111 Å². The van der Waals surface area contributed by atoms with Crippen LogP contribution in [0.15, 0.2) is 27.4 Å². The Kier molecular flexibility index (Phi) is 5.69. The molecule has 0 saturated heterocycles. The van der Waals surface area contributed by atoms with Crippen LogP contribution in [0.2, 0.25) is 0 Å². The number of aryl methyl sites for hydroxylation is 1. The minimum absolute atomic E-state index is 0.00161. The summed E-state index contributed by atoms with van der Waals surface area (Å²) in [7, 11) is 3.55. The number of rotatable bonds is 8. The van der Waals surface area contributed by atoms with Crippen molar-refractivity contribution in [3.63, 3.8) is 0 Å². The Balaban J connectivity index is 2.03. The summed E-state index contributed by atoms with van der Waals surface area (Å²) in [5, 5.41) is 13.7. The van der Waals surface area contributed by atoms with E-state index < -0.39 is 10.7 Å². The third kappa shape index (κ3) is 3.99. The predicted molar refractivity (Wildman–Crippen MR) is 87.9 cm³/mol. The van der Waals surface area contributed by atoms with Gasteiger partial charge in [0.1, 0.15) is 0 Å². The maximum atomic E-state index is 12.0. The van der Waals surface area contributed by atoms with Gasteiger partial charge >= 0.3 is 5.76 Å². The van der Waals surface area contributed by atoms with Gasteiger partial charge in [-0.15, -0.1) is 0 Å². The molecule has 0 saturated carbocycles. The molecule has 1 N–H and O–H groups in total. The number of carbonyl (C=O) groups excluding carboxylic acids is 1. The molecule has 0 aliphatic rings. The molecule has 0 fully saturated rings. The van der Waals surface area contributed by atoms with Crippen LogP contribution in [-0.2, 0) is 11.3 Å². The number of likely N-dealkylation sites (N-methyl/N-ethyl adjacent to an activating group) is 2. The molecule has 0 radical (unpaired) electrons. The molecule has 0 atom stereocenters. The van der Waals surface area contributed by atoms with Gasteiger partial charge in [-0.25, -0.2) is 4.79 Å². The van der Waals surface area contributed by atoms with E-state index in [1.165, 1.54) is 22.8 Å². The molecular formula is C15H20N4O5. The summed E-state index contributed by atoms with van der Waals surface area (Å²) in [6.07, 6.45) is 0.792. The van der Waals surface area contributed by atoms with Crippen molar-refractivity contribution in [2.75, 3.05) is 27.2 Å². The van der Waals surface area contributed by atoms with E-state index in [9.17, 15) is 19.7 Å². The van der Waals surface area contributed by atoms with Crippen molar-refractivity contribution in [1.29, 1.82) is 0 Å². The van der Waals surface area contributed by atoms with Gasteiger partial charge in [-0.05, 0) is 19.5 Å². The van der Waals surface area contributed by atoms with Crippen molar-refractivity contribution in [1.82, 2.24) is 14.8 Å². The van der Waals surface area contributed by atoms with Crippen LogP contribution in [0.4, 0.5) is 5.69 Å². The quantitative estimate of drug-likeness (QED) is 0.568. The van der Waals surface area contributed by atoms with Gasteiger partial charge in [0.25, 0.3) is 5.69 Å². The van der Waals surface area contributed by atoms with Crippen molar-refractivity contribution in [3.05, 3.63) is 38.9 Å². The SMILES string of the molecule is CNCCN(C)C(=O)CCCn1c(=O)oc2cc([N+](=O)[O-])ccc21. The van der Waals surface area contributed by atoms with E-state index in [-0.39, 0.29) is 17.2 Å². The second-order valence-electron chi connectivity index (χ2n) is 5.45. The Morgan fingerprint density at radius 1 is 1.46 bits per heavy atom. The van der Waals surface area contributed by atoms with E-state index >= 15 is 0 Å². The van der Waals surface area contributed by atoms with Crippen LogP contribution in [0.5, 0.6) is 0 Å². The molecule has 1 aromatic carbocycles. The predicted octanol–water partition coefficient (Wildman–Crippen LogP) is 0.961. The summed E-state index contributed by atoms with van der Waals surface area (Å²) in [5.74, 6) is -0.580. The summed E-state index contributed by atoms with van der Waals surface area (Å²) in [5.41, 5.74) is 0.526. The lowest BCUT2D eigenvalue weighted by Gasteiger charge is -2.16. The molecule has 2 aromatic rings. The van der Waals surface area contributed by atoms with Gasteiger partial charge in [-0.1, -0.05) is 0 Å². The Hall–Kier alpha value is -2.68. The van der Waals surface area contributed by atoms with E-state index in [1.54, 1.807) is 11.9 Å². The highest BCUT2D eigenvalue weighted by atomic mass is 16.6. The van der Waals surface area contributed by atoms with Crippen molar-refractivity contribution in [2.24, 2.45) is 0 Å². The number of nitro groups is 1. The molecule has 9 heteroatoms. The molecular weight excluding hydrogens is 316 g/mol. The molecule has 2 rings (SSSR count). The molecule has 0 spiro atoms. The number of carbonyl (C=O) groups is 1. The molecule has 0 aliphatic heterocycles. The lowest BCUT2D eigenvalue weighted by molar-refractivity contribution is -0.384. The number of hydrogen-bond donors (Lipinski definition) is 1. The number of amides is 1. The largest absolute Gasteiger partial charge is 0.419 e. The zero-order valence-corrected chi connectivity index (χ0v) is 13.7. The zero-order valence-electron chi connectivity index (χ0n) is 13.7. The maximum absolute atomic E-state index is 12.0. The van der Waals surface area contributed by atoms with Crippen molar-refractivity contribution in [2.45, 2.75) is 19.4 Å². The average Bonchev–Trinajstić information content (AvgIpc) is 2.87. The number of nitrogens with zero attached hydrogens (tertiary/aromatic N) is 3. The van der Waals surface area contributed by atoms with Crippen LogP contribution >= 0.6 is 0 Å². The summed E-state index contributed by atoms with van der Waals surface area (Å²) in [6, 6.07) is 4.04. The smallest absolute Gasteiger partial charge is 0.407 e. The van der Waals surface area contributed by atoms with Gasteiger partial charge in [-0.2, -0.15) is 0 Å². The lowest BCUT2D eigenvalue weighted by Crippen LogP contribution is -2.32. The first-order valence-electron chi connectivity index (χ1n) is 7.60. The highest BCUT2D eigenvalue weighted by Crippen LogP contribution is 2.20. The minimum Gasteiger partial charge on any atom is -0.407 e. The van der Waals surface area contributed by atoms with E-state index in [1.807, 2.05) is 7.05 Å². The monoisotopic (exact) mass is 336 g/mol. The zero-order chi connectivity index (χ0) is 17.7. The second-order valence-corrected chi connectivity index (χ2v) is 5.45. The summed E-state index contributed by atoms with van der Waals surface area (Å²) in [6.45, 7) is 1.65. The van der Waals surface area contributed by atoms with E-state index in [0.29, 0.717) is 38.0 Å². The molecule has 1 heterocycles. The standard InChI is InChI=1S/C15H20N4O5/c1-16-7-9-17(2)14(20)4-3-8-18-12-6-5-11(19(22)23)10-13(12)24-15(18)21/h5-6,10,16H,3-4,7-9H2,1-2H3. The fourth-order valence-corrected chi connectivity index (χ4v) is 2.36. The van der Waals surface area contributed by atoms with Crippen LogP contribution < -0.4 is 11.1 Å². The number of aromatic nitrogens is 1. The number of oxazole rings is 1. The van der Waals surface area contributed by atoms with Crippen molar-refractivity contribution >= 4 is 22.7 Å². The first kappa shape index (κ1) is 17.7. The fraction of sp³-hybridized carbons (Fsp3) is 0.467. The summed E-state index contributed by atoms with van der Waals surface area (Å²) in [4.78, 5) is 35.7. The summed E-state index contributed by atoms with van der Waals surface area (Å²) < 4.78 is 6.44. The first-order valence-corrected chi connectivity index (χ1v) is 7.60.